The number of rotatable bonds is 6. The van der Waals surface area contributed by atoms with E-state index in [2.05, 4.69) is 59.4 Å². The largest absolute Gasteiger partial charge is 0.345 e. The first kappa shape index (κ1) is 21.5. The first-order valence-corrected chi connectivity index (χ1v) is 11.5. The van der Waals surface area contributed by atoms with Gasteiger partial charge in [-0.25, -0.2) is 4.79 Å². The van der Waals surface area contributed by atoms with Crippen molar-refractivity contribution in [1.29, 1.82) is 0 Å². The van der Waals surface area contributed by atoms with Crippen molar-refractivity contribution in [2.24, 2.45) is 0 Å². The Bertz CT molecular complexity index is 1010. The molecule has 4 nitrogen and oxygen atoms in total. The molecule has 0 aliphatic heterocycles. The summed E-state index contributed by atoms with van der Waals surface area (Å²) in [7, 11) is 0. The normalized spacial score (nSPS) is 14.4. The molecule has 1 aliphatic carbocycles. The van der Waals surface area contributed by atoms with Crippen molar-refractivity contribution in [2.75, 3.05) is 5.32 Å². The highest BCUT2D eigenvalue weighted by atomic mass is 35.5. The van der Waals surface area contributed by atoms with Crippen LogP contribution in [-0.4, -0.2) is 21.5 Å². The van der Waals surface area contributed by atoms with Crippen LogP contribution in [0.2, 0.25) is 5.02 Å². The van der Waals surface area contributed by atoms with Crippen LogP contribution in [0.3, 0.4) is 0 Å². The van der Waals surface area contributed by atoms with Crippen molar-refractivity contribution in [3.63, 3.8) is 0 Å². The van der Waals surface area contributed by atoms with Gasteiger partial charge in [-0.15, -0.1) is 0 Å². The van der Waals surface area contributed by atoms with Crippen LogP contribution >= 0.6 is 11.6 Å². The number of carbonyl (C=O) groups is 1. The highest BCUT2D eigenvalue weighted by molar-refractivity contribution is 6.30. The van der Waals surface area contributed by atoms with E-state index in [0.29, 0.717) is 11.6 Å². The summed E-state index contributed by atoms with van der Waals surface area (Å²) in [4.78, 5) is 15.3. The maximum Gasteiger partial charge on any atom is 0.322 e. The summed E-state index contributed by atoms with van der Waals surface area (Å²) in [6, 6.07) is 20.2. The van der Waals surface area contributed by atoms with Gasteiger partial charge in [0.25, 0.3) is 0 Å². The van der Waals surface area contributed by atoms with Crippen LogP contribution in [0, 0.1) is 6.92 Å². The van der Waals surface area contributed by atoms with E-state index >= 15 is 0 Å². The van der Waals surface area contributed by atoms with Gasteiger partial charge < -0.3 is 14.8 Å². The molecule has 0 saturated heterocycles. The molecule has 1 aromatic heterocycles. The van der Waals surface area contributed by atoms with E-state index < -0.39 is 0 Å². The Hall–Kier alpha value is -2.72. The minimum absolute atomic E-state index is 0.0436. The van der Waals surface area contributed by atoms with Crippen molar-refractivity contribution in [3.8, 4) is 0 Å². The molecule has 2 aromatic carbocycles. The zero-order valence-corrected chi connectivity index (χ0v) is 18.8. The minimum atomic E-state index is -0.0436. The molecule has 5 heteroatoms. The molecule has 1 fully saturated rings. The number of amides is 2. The maximum absolute atomic E-state index is 13.3. The van der Waals surface area contributed by atoms with Crippen LogP contribution in [0.4, 0.5) is 10.5 Å². The average molecular weight is 436 g/mol. The Kier molecular flexibility index (Phi) is 6.98. The summed E-state index contributed by atoms with van der Waals surface area (Å²) < 4.78 is 2.26. The van der Waals surface area contributed by atoms with Crippen LogP contribution < -0.4 is 5.32 Å². The number of halogens is 1. The van der Waals surface area contributed by atoms with E-state index in [0.717, 1.165) is 30.8 Å². The fourth-order valence-corrected chi connectivity index (χ4v) is 4.51. The van der Waals surface area contributed by atoms with Crippen molar-refractivity contribution in [1.82, 2.24) is 9.47 Å². The molecule has 1 saturated carbocycles. The first-order chi connectivity index (χ1) is 15.1. The standard InChI is InChI=1S/C26H30ClN3O/c1-20-8-5-6-9-21(20)18-29-17-7-12-25(29)19-30(24-10-3-2-4-11-24)26(31)28-23-15-13-22(27)14-16-23/h5-9,12-17,24H,2-4,10-11,18-19H2,1H3,(H,28,31). The van der Waals surface area contributed by atoms with Gasteiger partial charge in [-0.2, -0.15) is 0 Å². The monoisotopic (exact) mass is 435 g/mol. The Morgan fingerprint density at radius 1 is 1.03 bits per heavy atom. The molecule has 0 unspecified atom stereocenters. The number of carbonyl (C=O) groups excluding carboxylic acids is 1. The molecular weight excluding hydrogens is 406 g/mol. The van der Waals surface area contributed by atoms with E-state index in [1.54, 1.807) is 12.1 Å². The smallest absolute Gasteiger partial charge is 0.322 e. The van der Waals surface area contributed by atoms with Gasteiger partial charge >= 0.3 is 6.03 Å². The Labute approximate surface area is 189 Å². The molecule has 0 bridgehead atoms. The highest BCUT2D eigenvalue weighted by Crippen LogP contribution is 2.26. The third-order valence-electron chi connectivity index (χ3n) is 6.23. The lowest BCUT2D eigenvalue weighted by molar-refractivity contribution is 0.161. The van der Waals surface area contributed by atoms with E-state index in [4.69, 9.17) is 11.6 Å². The average Bonchev–Trinajstić information content (AvgIpc) is 3.22. The topological polar surface area (TPSA) is 37.3 Å². The lowest BCUT2D eigenvalue weighted by Crippen LogP contribution is -2.43. The summed E-state index contributed by atoms with van der Waals surface area (Å²) in [5.74, 6) is 0. The number of urea groups is 1. The molecule has 3 aromatic rings. The van der Waals surface area contributed by atoms with Crippen LogP contribution in [0.1, 0.15) is 48.9 Å². The summed E-state index contributed by atoms with van der Waals surface area (Å²) in [5, 5.41) is 3.74. The molecule has 2 amide bonds. The number of benzene rings is 2. The van der Waals surface area contributed by atoms with Gasteiger partial charge in [-0.3, -0.25) is 0 Å². The molecule has 1 N–H and O–H groups in total. The summed E-state index contributed by atoms with van der Waals surface area (Å²) >= 11 is 6.00. The predicted octanol–water partition coefficient (Wildman–Crippen LogP) is 6.87. The lowest BCUT2D eigenvalue weighted by atomic mass is 9.94. The van der Waals surface area contributed by atoms with Crippen LogP contribution in [-0.2, 0) is 13.1 Å². The van der Waals surface area contributed by atoms with Gasteiger partial charge in [0.05, 0.1) is 6.54 Å². The number of nitrogens with one attached hydrogen (secondary N) is 1. The summed E-state index contributed by atoms with van der Waals surface area (Å²) in [5.41, 5.74) is 4.51. The summed E-state index contributed by atoms with van der Waals surface area (Å²) in [6.45, 7) is 3.56. The third kappa shape index (κ3) is 5.50. The second kappa shape index (κ2) is 10.1. The van der Waals surface area contributed by atoms with Crippen molar-refractivity contribution < 1.29 is 4.79 Å². The molecule has 4 rings (SSSR count). The van der Waals surface area contributed by atoms with E-state index in [1.165, 1.54) is 30.4 Å². The number of aromatic nitrogens is 1. The van der Waals surface area contributed by atoms with Gasteiger partial charge in [0.1, 0.15) is 0 Å². The van der Waals surface area contributed by atoms with Crippen molar-refractivity contribution in [3.05, 3.63) is 88.7 Å². The number of hydrogen-bond donors (Lipinski definition) is 1. The number of hydrogen-bond acceptors (Lipinski definition) is 1. The van der Waals surface area contributed by atoms with E-state index in [1.807, 2.05) is 17.0 Å². The van der Waals surface area contributed by atoms with E-state index in [9.17, 15) is 4.79 Å². The Morgan fingerprint density at radius 3 is 2.52 bits per heavy atom. The van der Waals surface area contributed by atoms with Crippen LogP contribution in [0.25, 0.3) is 0 Å². The zero-order chi connectivity index (χ0) is 21.6. The van der Waals surface area contributed by atoms with Gasteiger partial charge in [-0.05, 0) is 67.3 Å². The fourth-order valence-electron chi connectivity index (χ4n) is 4.38. The maximum atomic E-state index is 13.3. The number of anilines is 1. The number of nitrogens with zero attached hydrogens (tertiary/aromatic N) is 2. The van der Waals surface area contributed by atoms with Crippen molar-refractivity contribution >= 4 is 23.3 Å². The summed E-state index contributed by atoms with van der Waals surface area (Å²) in [6.07, 6.45) is 7.85. The SMILES string of the molecule is Cc1ccccc1Cn1cccc1CN(C(=O)Nc1ccc(Cl)cc1)C1CCCCC1. The van der Waals surface area contributed by atoms with Crippen molar-refractivity contribution in [2.45, 2.75) is 58.2 Å². The van der Waals surface area contributed by atoms with Gasteiger partial charge in [0.2, 0.25) is 0 Å². The molecule has 1 aliphatic rings. The Morgan fingerprint density at radius 2 is 1.77 bits per heavy atom. The second-order valence-electron chi connectivity index (χ2n) is 8.41. The van der Waals surface area contributed by atoms with Gasteiger partial charge in [-0.1, -0.05) is 55.1 Å². The van der Waals surface area contributed by atoms with Crippen LogP contribution in [0.5, 0.6) is 0 Å². The Balaban J connectivity index is 1.54. The highest BCUT2D eigenvalue weighted by Gasteiger charge is 2.26. The molecule has 162 valence electrons. The molecule has 31 heavy (non-hydrogen) atoms. The predicted molar refractivity (Wildman–Crippen MR) is 128 cm³/mol. The molecule has 0 atom stereocenters. The first-order valence-electron chi connectivity index (χ1n) is 11.1. The van der Waals surface area contributed by atoms with Gasteiger partial charge in [0.15, 0.2) is 0 Å². The minimum Gasteiger partial charge on any atom is -0.345 e. The van der Waals surface area contributed by atoms with Gasteiger partial charge in [0, 0.05) is 35.2 Å². The molecule has 0 spiro atoms. The second-order valence-corrected chi connectivity index (χ2v) is 8.85. The van der Waals surface area contributed by atoms with Crippen LogP contribution in [0.15, 0.2) is 66.9 Å². The fraction of sp³-hybridized carbons (Fsp3) is 0.346. The van der Waals surface area contributed by atoms with E-state index in [-0.39, 0.29) is 12.1 Å². The zero-order valence-electron chi connectivity index (χ0n) is 18.1. The molecule has 0 radical (unpaired) electrons. The number of aryl methyl sites for hydroxylation is 1. The molecular formula is C26H30ClN3O. The lowest BCUT2D eigenvalue weighted by Gasteiger charge is -2.34. The quantitative estimate of drug-likeness (QED) is 0.450. The third-order valence-corrected chi connectivity index (χ3v) is 6.48. The molecule has 1 heterocycles.